The summed E-state index contributed by atoms with van der Waals surface area (Å²) in [6.45, 7) is 4.59. The number of carbonyl (C=O) groups excluding carboxylic acids is 1. The highest BCUT2D eigenvalue weighted by Crippen LogP contribution is 2.34. The Balaban J connectivity index is 2.12. The van der Waals surface area contributed by atoms with Gasteiger partial charge in [-0.25, -0.2) is 0 Å². The van der Waals surface area contributed by atoms with Crippen LogP contribution in [0.1, 0.15) is 34.3 Å². The van der Waals surface area contributed by atoms with Crippen molar-refractivity contribution in [3.63, 3.8) is 0 Å². The van der Waals surface area contributed by atoms with Crippen LogP contribution in [-0.2, 0) is 0 Å². The second-order valence-electron chi connectivity index (χ2n) is 4.74. The summed E-state index contributed by atoms with van der Waals surface area (Å²) in [7, 11) is 0. The van der Waals surface area contributed by atoms with Crippen molar-refractivity contribution in [3.8, 4) is 0 Å². The molecule has 3 heteroatoms. The Morgan fingerprint density at radius 2 is 2.06 bits per heavy atom. The Kier molecular flexibility index (Phi) is 2.72. The number of rotatable bonds is 3. The minimum Gasteiger partial charge on any atom is -0.345 e. The molecule has 1 aromatic rings. The van der Waals surface area contributed by atoms with Crippen molar-refractivity contribution in [1.29, 1.82) is 0 Å². The predicted octanol–water partition coefficient (Wildman–Crippen LogP) is 1.52. The van der Waals surface area contributed by atoms with Gasteiger partial charge in [0.15, 0.2) is 0 Å². The zero-order valence-corrected chi connectivity index (χ0v) is 9.84. The number of benzene rings is 1. The fourth-order valence-corrected chi connectivity index (χ4v) is 1.73. The van der Waals surface area contributed by atoms with E-state index < -0.39 is 0 Å². The van der Waals surface area contributed by atoms with Gasteiger partial charge in [0, 0.05) is 12.1 Å². The number of carbonyl (C=O) groups is 1. The van der Waals surface area contributed by atoms with Gasteiger partial charge >= 0.3 is 0 Å². The highest BCUT2D eigenvalue weighted by atomic mass is 16.1. The molecule has 0 heterocycles. The summed E-state index contributed by atoms with van der Waals surface area (Å²) in [5, 5.41) is 3.02. The second-order valence-corrected chi connectivity index (χ2v) is 4.74. The SMILES string of the molecule is Cc1ccc(C(=O)NC2(CN)CC2)cc1C. The number of hydrogen-bond donors (Lipinski definition) is 2. The third-order valence-corrected chi connectivity index (χ3v) is 3.39. The van der Waals surface area contributed by atoms with Crippen molar-refractivity contribution in [2.75, 3.05) is 6.54 Å². The third-order valence-electron chi connectivity index (χ3n) is 3.39. The first kappa shape index (κ1) is 11.1. The highest BCUT2D eigenvalue weighted by molar-refractivity contribution is 5.95. The van der Waals surface area contributed by atoms with Crippen LogP contribution in [0, 0.1) is 13.8 Å². The fourth-order valence-electron chi connectivity index (χ4n) is 1.73. The molecule has 2 rings (SSSR count). The third kappa shape index (κ3) is 2.09. The lowest BCUT2D eigenvalue weighted by Crippen LogP contribution is -2.42. The van der Waals surface area contributed by atoms with Gasteiger partial charge in [-0.15, -0.1) is 0 Å². The molecular weight excluding hydrogens is 200 g/mol. The zero-order chi connectivity index (χ0) is 11.8. The van der Waals surface area contributed by atoms with Crippen LogP contribution in [0.15, 0.2) is 18.2 Å². The van der Waals surface area contributed by atoms with Crippen LogP contribution in [0.25, 0.3) is 0 Å². The van der Waals surface area contributed by atoms with Crippen molar-refractivity contribution in [1.82, 2.24) is 5.32 Å². The molecule has 1 aliphatic rings. The van der Waals surface area contributed by atoms with Gasteiger partial charge < -0.3 is 11.1 Å². The van der Waals surface area contributed by atoms with E-state index in [9.17, 15) is 4.79 Å². The van der Waals surface area contributed by atoms with Gasteiger partial charge in [0.1, 0.15) is 0 Å². The van der Waals surface area contributed by atoms with Gasteiger partial charge in [0.2, 0.25) is 0 Å². The van der Waals surface area contributed by atoms with Crippen LogP contribution in [0.4, 0.5) is 0 Å². The maximum atomic E-state index is 12.0. The summed E-state index contributed by atoms with van der Waals surface area (Å²) < 4.78 is 0. The van der Waals surface area contributed by atoms with Gasteiger partial charge in [-0.05, 0) is 49.9 Å². The van der Waals surface area contributed by atoms with Crippen LogP contribution in [-0.4, -0.2) is 18.0 Å². The fraction of sp³-hybridized carbons (Fsp3) is 0.462. The predicted molar refractivity (Wildman–Crippen MR) is 64.4 cm³/mol. The Morgan fingerprint density at radius 1 is 1.38 bits per heavy atom. The maximum absolute atomic E-state index is 12.0. The minimum atomic E-state index is -0.115. The summed E-state index contributed by atoms with van der Waals surface area (Å²) in [5.41, 5.74) is 8.59. The summed E-state index contributed by atoms with van der Waals surface area (Å²) >= 11 is 0. The van der Waals surface area contributed by atoms with E-state index in [-0.39, 0.29) is 11.4 Å². The molecular formula is C13H18N2O. The van der Waals surface area contributed by atoms with Crippen molar-refractivity contribution in [2.24, 2.45) is 5.73 Å². The number of nitrogens with one attached hydrogen (secondary N) is 1. The van der Waals surface area contributed by atoms with E-state index in [0.717, 1.165) is 24.0 Å². The Labute approximate surface area is 96.0 Å². The molecule has 0 spiro atoms. The minimum absolute atomic E-state index is 0.00829. The molecule has 1 aromatic carbocycles. The van der Waals surface area contributed by atoms with E-state index in [2.05, 4.69) is 5.32 Å². The van der Waals surface area contributed by atoms with Gasteiger partial charge in [0.25, 0.3) is 5.91 Å². The van der Waals surface area contributed by atoms with E-state index in [1.165, 1.54) is 5.56 Å². The van der Waals surface area contributed by atoms with Gasteiger partial charge in [-0.3, -0.25) is 4.79 Å². The summed E-state index contributed by atoms with van der Waals surface area (Å²) in [6, 6.07) is 5.77. The first-order valence-electron chi connectivity index (χ1n) is 5.66. The molecule has 0 aliphatic heterocycles. The first-order chi connectivity index (χ1) is 7.56. The van der Waals surface area contributed by atoms with E-state index in [1.807, 2.05) is 32.0 Å². The molecule has 86 valence electrons. The highest BCUT2D eigenvalue weighted by Gasteiger charge is 2.42. The monoisotopic (exact) mass is 218 g/mol. The van der Waals surface area contributed by atoms with Crippen LogP contribution in [0.2, 0.25) is 0 Å². The van der Waals surface area contributed by atoms with Crippen LogP contribution in [0.5, 0.6) is 0 Å². The molecule has 0 aromatic heterocycles. The van der Waals surface area contributed by atoms with Crippen molar-refractivity contribution < 1.29 is 4.79 Å². The number of nitrogens with two attached hydrogens (primary N) is 1. The molecule has 0 saturated heterocycles. The second kappa shape index (κ2) is 3.91. The Bertz CT molecular complexity index is 422. The summed E-state index contributed by atoms with van der Waals surface area (Å²) in [5.74, 6) is -0.00829. The lowest BCUT2D eigenvalue weighted by atomic mass is 10.1. The largest absolute Gasteiger partial charge is 0.345 e. The molecule has 0 unspecified atom stereocenters. The standard InChI is InChI=1S/C13H18N2O/c1-9-3-4-11(7-10(9)2)12(16)15-13(8-14)5-6-13/h3-4,7H,5-6,8,14H2,1-2H3,(H,15,16). The van der Waals surface area contributed by atoms with Crippen molar-refractivity contribution in [3.05, 3.63) is 34.9 Å². The van der Waals surface area contributed by atoms with Crippen LogP contribution in [0.3, 0.4) is 0 Å². The lowest BCUT2D eigenvalue weighted by Gasteiger charge is -2.15. The summed E-state index contributed by atoms with van der Waals surface area (Å²) in [4.78, 5) is 12.0. The van der Waals surface area contributed by atoms with Gasteiger partial charge in [-0.2, -0.15) is 0 Å². The van der Waals surface area contributed by atoms with Gasteiger partial charge in [-0.1, -0.05) is 6.07 Å². The Hall–Kier alpha value is -1.35. The van der Waals surface area contributed by atoms with E-state index in [1.54, 1.807) is 0 Å². The molecule has 0 atom stereocenters. The zero-order valence-electron chi connectivity index (χ0n) is 9.84. The molecule has 3 nitrogen and oxygen atoms in total. The van der Waals surface area contributed by atoms with Crippen molar-refractivity contribution in [2.45, 2.75) is 32.2 Å². The number of aryl methyl sites for hydroxylation is 2. The molecule has 1 saturated carbocycles. The number of hydrogen-bond acceptors (Lipinski definition) is 2. The quantitative estimate of drug-likeness (QED) is 0.808. The molecule has 0 bridgehead atoms. The van der Waals surface area contributed by atoms with Crippen molar-refractivity contribution >= 4 is 5.91 Å². The molecule has 0 radical (unpaired) electrons. The van der Waals surface area contributed by atoms with Crippen LogP contribution >= 0.6 is 0 Å². The molecule has 1 amide bonds. The average molecular weight is 218 g/mol. The molecule has 1 fully saturated rings. The topological polar surface area (TPSA) is 55.1 Å². The molecule has 16 heavy (non-hydrogen) atoms. The smallest absolute Gasteiger partial charge is 0.251 e. The average Bonchev–Trinajstić information content (AvgIpc) is 3.02. The van der Waals surface area contributed by atoms with E-state index in [4.69, 9.17) is 5.73 Å². The van der Waals surface area contributed by atoms with Gasteiger partial charge in [0.05, 0.1) is 5.54 Å². The lowest BCUT2D eigenvalue weighted by molar-refractivity contribution is 0.0933. The first-order valence-corrected chi connectivity index (χ1v) is 5.66. The Morgan fingerprint density at radius 3 is 2.56 bits per heavy atom. The molecule has 3 N–H and O–H groups in total. The maximum Gasteiger partial charge on any atom is 0.251 e. The molecule has 1 aliphatic carbocycles. The number of amides is 1. The van der Waals surface area contributed by atoms with E-state index in [0.29, 0.717) is 6.54 Å². The summed E-state index contributed by atoms with van der Waals surface area (Å²) in [6.07, 6.45) is 2.00. The van der Waals surface area contributed by atoms with Crippen LogP contribution < -0.4 is 11.1 Å². The normalized spacial score (nSPS) is 16.9. The van der Waals surface area contributed by atoms with E-state index >= 15 is 0 Å².